The van der Waals surface area contributed by atoms with Crippen LogP contribution in [-0.2, 0) is 6.61 Å². The van der Waals surface area contributed by atoms with Gasteiger partial charge in [0.15, 0.2) is 5.76 Å². The molecule has 0 aromatic carbocycles. The molecule has 9 heavy (non-hydrogen) atoms. The van der Waals surface area contributed by atoms with Crippen LogP contribution in [0, 0.1) is 12.3 Å². The first-order chi connectivity index (χ1) is 4.36. The van der Waals surface area contributed by atoms with E-state index >= 15 is 0 Å². The van der Waals surface area contributed by atoms with Gasteiger partial charge in [0.2, 0.25) is 0 Å². The maximum absolute atomic E-state index is 8.48. The molecule has 0 aliphatic rings. The minimum absolute atomic E-state index is 0.0956. The van der Waals surface area contributed by atoms with Gasteiger partial charge >= 0.3 is 0 Å². The van der Waals surface area contributed by atoms with Gasteiger partial charge in [0, 0.05) is 0 Å². The molecule has 0 atom stereocenters. The number of hydrogen-bond donors (Lipinski definition) is 1. The van der Waals surface area contributed by atoms with Crippen LogP contribution in [0.25, 0.3) is 0 Å². The van der Waals surface area contributed by atoms with Crippen LogP contribution in [-0.4, -0.2) is 5.11 Å². The molecule has 0 aliphatic heterocycles. The molecule has 1 aromatic rings. The van der Waals surface area contributed by atoms with Crippen molar-refractivity contribution in [3.63, 3.8) is 0 Å². The number of aliphatic hydroxyl groups is 1. The van der Waals surface area contributed by atoms with Crippen molar-refractivity contribution in [3.05, 3.63) is 23.7 Å². The van der Waals surface area contributed by atoms with Gasteiger partial charge in [-0.3, -0.25) is 0 Å². The van der Waals surface area contributed by atoms with E-state index in [0.29, 0.717) is 11.5 Å². The zero-order valence-electron chi connectivity index (χ0n) is 4.79. The van der Waals surface area contributed by atoms with E-state index in [2.05, 4.69) is 5.92 Å². The SMILES string of the molecule is C#Cc1ccc(CO)o1. The second kappa shape index (κ2) is 2.38. The van der Waals surface area contributed by atoms with Crippen LogP contribution in [0.15, 0.2) is 16.5 Å². The average Bonchev–Trinajstić information content (AvgIpc) is 2.34. The van der Waals surface area contributed by atoms with Crippen LogP contribution in [0.3, 0.4) is 0 Å². The summed E-state index contributed by atoms with van der Waals surface area (Å²) in [6, 6.07) is 3.29. The van der Waals surface area contributed by atoms with Crippen LogP contribution in [0.1, 0.15) is 11.5 Å². The minimum atomic E-state index is -0.0956. The fourth-order valence-corrected chi connectivity index (χ4v) is 0.540. The minimum Gasteiger partial charge on any atom is -0.450 e. The molecular weight excluding hydrogens is 116 g/mol. The highest BCUT2D eigenvalue weighted by atomic mass is 16.4. The topological polar surface area (TPSA) is 33.4 Å². The number of furan rings is 1. The lowest BCUT2D eigenvalue weighted by Crippen LogP contribution is -1.73. The molecule has 0 bridgehead atoms. The molecule has 0 aliphatic carbocycles. The third-order valence-corrected chi connectivity index (χ3v) is 0.960. The van der Waals surface area contributed by atoms with Gasteiger partial charge in [-0.05, 0) is 18.1 Å². The second-order valence-corrected chi connectivity index (χ2v) is 1.57. The smallest absolute Gasteiger partial charge is 0.176 e. The van der Waals surface area contributed by atoms with Gasteiger partial charge < -0.3 is 9.52 Å². The molecule has 0 saturated heterocycles. The number of hydrogen-bond acceptors (Lipinski definition) is 2. The molecule has 0 spiro atoms. The largest absolute Gasteiger partial charge is 0.450 e. The van der Waals surface area contributed by atoms with Crippen molar-refractivity contribution < 1.29 is 9.52 Å². The summed E-state index contributed by atoms with van der Waals surface area (Å²) in [6.45, 7) is -0.0956. The summed E-state index contributed by atoms with van der Waals surface area (Å²) in [5.41, 5.74) is 0. The molecule has 1 rings (SSSR count). The van der Waals surface area contributed by atoms with Crippen LogP contribution in [0.2, 0.25) is 0 Å². The maximum atomic E-state index is 8.48. The molecule has 0 radical (unpaired) electrons. The third kappa shape index (κ3) is 1.13. The number of rotatable bonds is 1. The molecule has 0 fully saturated rings. The molecule has 1 aromatic heterocycles. The van der Waals surface area contributed by atoms with Gasteiger partial charge in [0.1, 0.15) is 12.4 Å². The average molecular weight is 122 g/mol. The number of terminal acetylenes is 1. The lowest BCUT2D eigenvalue weighted by molar-refractivity contribution is 0.246. The van der Waals surface area contributed by atoms with E-state index in [1.165, 1.54) is 0 Å². The van der Waals surface area contributed by atoms with Gasteiger partial charge in [0.25, 0.3) is 0 Å². The van der Waals surface area contributed by atoms with Gasteiger partial charge in [-0.2, -0.15) is 0 Å². The van der Waals surface area contributed by atoms with E-state index in [1.54, 1.807) is 12.1 Å². The first-order valence-corrected chi connectivity index (χ1v) is 2.53. The van der Waals surface area contributed by atoms with Gasteiger partial charge in [-0.15, -0.1) is 6.42 Å². The molecule has 0 unspecified atom stereocenters. The highest BCUT2D eigenvalue weighted by Gasteiger charge is 1.94. The van der Waals surface area contributed by atoms with Crippen molar-refractivity contribution in [1.82, 2.24) is 0 Å². The van der Waals surface area contributed by atoms with E-state index in [-0.39, 0.29) is 6.61 Å². The van der Waals surface area contributed by atoms with E-state index in [1.807, 2.05) is 0 Å². The number of aliphatic hydroxyl groups excluding tert-OH is 1. The quantitative estimate of drug-likeness (QED) is 0.557. The molecule has 0 saturated carbocycles. The first kappa shape index (κ1) is 5.93. The van der Waals surface area contributed by atoms with Crippen LogP contribution in [0.4, 0.5) is 0 Å². The van der Waals surface area contributed by atoms with Crippen molar-refractivity contribution in [3.8, 4) is 12.3 Å². The zero-order valence-corrected chi connectivity index (χ0v) is 4.79. The third-order valence-electron chi connectivity index (χ3n) is 0.960. The molecule has 1 heterocycles. The van der Waals surface area contributed by atoms with Gasteiger partial charge in [-0.1, -0.05) is 0 Å². The van der Waals surface area contributed by atoms with E-state index in [0.717, 1.165) is 0 Å². The molecule has 2 heteroatoms. The summed E-state index contributed by atoms with van der Waals surface area (Å²) in [5, 5.41) is 8.48. The van der Waals surface area contributed by atoms with E-state index in [9.17, 15) is 0 Å². The summed E-state index contributed by atoms with van der Waals surface area (Å²) >= 11 is 0. The fourth-order valence-electron chi connectivity index (χ4n) is 0.540. The normalized spacial score (nSPS) is 8.89. The summed E-state index contributed by atoms with van der Waals surface area (Å²) in [4.78, 5) is 0. The summed E-state index contributed by atoms with van der Waals surface area (Å²) in [7, 11) is 0. The monoisotopic (exact) mass is 122 g/mol. The Morgan fingerprint density at radius 2 is 2.44 bits per heavy atom. The van der Waals surface area contributed by atoms with Crippen LogP contribution < -0.4 is 0 Å². The Hall–Kier alpha value is -1.20. The second-order valence-electron chi connectivity index (χ2n) is 1.57. The zero-order chi connectivity index (χ0) is 6.69. The predicted octanol–water partition coefficient (Wildman–Crippen LogP) is 0.753. The Bertz CT molecular complexity index is 229. The molecule has 46 valence electrons. The van der Waals surface area contributed by atoms with Crippen molar-refractivity contribution in [2.24, 2.45) is 0 Å². The summed E-state index contributed by atoms with van der Waals surface area (Å²) in [5.74, 6) is 3.26. The van der Waals surface area contributed by atoms with Crippen LogP contribution >= 0.6 is 0 Å². The standard InChI is InChI=1S/C7H6O2/c1-2-6-3-4-7(5-8)9-6/h1,3-4,8H,5H2. The van der Waals surface area contributed by atoms with Crippen molar-refractivity contribution in [2.45, 2.75) is 6.61 Å². The van der Waals surface area contributed by atoms with Gasteiger partial charge in [0.05, 0.1) is 0 Å². The highest BCUT2D eigenvalue weighted by Crippen LogP contribution is 2.04. The first-order valence-electron chi connectivity index (χ1n) is 2.53. The maximum Gasteiger partial charge on any atom is 0.176 e. The molecule has 1 N–H and O–H groups in total. The van der Waals surface area contributed by atoms with Gasteiger partial charge in [-0.25, -0.2) is 0 Å². The lowest BCUT2D eigenvalue weighted by Gasteiger charge is -1.82. The lowest BCUT2D eigenvalue weighted by atomic mass is 10.4. The Labute approximate surface area is 53.1 Å². The van der Waals surface area contributed by atoms with Crippen molar-refractivity contribution in [1.29, 1.82) is 0 Å². The highest BCUT2D eigenvalue weighted by molar-refractivity contribution is 5.22. The van der Waals surface area contributed by atoms with Crippen molar-refractivity contribution >= 4 is 0 Å². The van der Waals surface area contributed by atoms with E-state index < -0.39 is 0 Å². The Morgan fingerprint density at radius 1 is 1.67 bits per heavy atom. The molecular formula is C7H6O2. The van der Waals surface area contributed by atoms with Crippen molar-refractivity contribution in [2.75, 3.05) is 0 Å². The Kier molecular flexibility index (Phi) is 1.57. The Balaban J connectivity index is 2.90. The predicted molar refractivity (Wildman–Crippen MR) is 32.6 cm³/mol. The van der Waals surface area contributed by atoms with E-state index in [4.69, 9.17) is 15.9 Å². The molecule has 0 amide bonds. The molecule has 2 nitrogen and oxygen atoms in total. The Morgan fingerprint density at radius 3 is 2.78 bits per heavy atom. The fraction of sp³-hybridized carbons (Fsp3) is 0.143. The summed E-state index contributed by atoms with van der Waals surface area (Å²) in [6.07, 6.45) is 4.99. The van der Waals surface area contributed by atoms with Crippen LogP contribution in [0.5, 0.6) is 0 Å². The summed E-state index contributed by atoms with van der Waals surface area (Å²) < 4.78 is 4.90.